The van der Waals surface area contributed by atoms with Crippen LogP contribution in [0.1, 0.15) is 20.3 Å². The molecule has 1 aromatic heterocycles. The molecule has 0 bridgehead atoms. The highest BCUT2D eigenvalue weighted by molar-refractivity contribution is 6.33. The second-order valence-electron chi connectivity index (χ2n) is 3.19. The largest absolute Gasteiger partial charge is 0.476 e. The number of esters is 1. The Morgan fingerprint density at radius 2 is 2.12 bits per heavy atom. The van der Waals surface area contributed by atoms with Crippen molar-refractivity contribution in [1.82, 2.24) is 4.98 Å². The molecule has 17 heavy (non-hydrogen) atoms. The van der Waals surface area contributed by atoms with Crippen LogP contribution in [-0.2, 0) is 9.53 Å². The van der Waals surface area contributed by atoms with Crippen molar-refractivity contribution in [1.29, 1.82) is 0 Å². The Kier molecular flexibility index (Phi) is 5.51. The minimum atomic E-state index is -0.685. The molecular formula is C11H13Cl2NO3. The molecule has 1 aromatic rings. The predicted molar refractivity (Wildman–Crippen MR) is 65.6 cm³/mol. The highest BCUT2D eigenvalue weighted by Gasteiger charge is 2.21. The number of carbonyl (C=O) groups is 1. The van der Waals surface area contributed by atoms with Crippen LogP contribution in [-0.4, -0.2) is 23.7 Å². The number of halogens is 2. The molecule has 0 spiro atoms. The summed E-state index contributed by atoms with van der Waals surface area (Å²) in [6, 6.07) is 3.11. The summed E-state index contributed by atoms with van der Waals surface area (Å²) in [5.74, 6) is -0.100. The van der Waals surface area contributed by atoms with Crippen LogP contribution in [0.4, 0.5) is 0 Å². The lowest BCUT2D eigenvalue weighted by Crippen LogP contribution is -2.28. The Labute approximate surface area is 110 Å². The lowest BCUT2D eigenvalue weighted by molar-refractivity contribution is -0.151. The average Bonchev–Trinajstić information content (AvgIpc) is 2.28. The lowest BCUT2D eigenvalue weighted by Gasteiger charge is -2.16. The molecule has 0 N–H and O–H groups in total. The average molecular weight is 278 g/mol. The highest BCUT2D eigenvalue weighted by Crippen LogP contribution is 2.25. The van der Waals surface area contributed by atoms with Crippen molar-refractivity contribution in [3.63, 3.8) is 0 Å². The van der Waals surface area contributed by atoms with Gasteiger partial charge < -0.3 is 9.47 Å². The van der Waals surface area contributed by atoms with Crippen molar-refractivity contribution in [2.24, 2.45) is 0 Å². The first-order chi connectivity index (χ1) is 8.08. The number of nitrogens with zero attached hydrogens (tertiary/aromatic N) is 1. The molecular weight excluding hydrogens is 265 g/mol. The second-order valence-corrected chi connectivity index (χ2v) is 3.93. The first-order valence-corrected chi connectivity index (χ1v) is 5.99. The van der Waals surface area contributed by atoms with Gasteiger partial charge in [0.15, 0.2) is 17.0 Å². The summed E-state index contributed by atoms with van der Waals surface area (Å²) in [6.07, 6.45) is -0.201. The van der Waals surface area contributed by atoms with E-state index in [2.05, 4.69) is 4.98 Å². The van der Waals surface area contributed by atoms with Crippen molar-refractivity contribution in [3.05, 3.63) is 22.4 Å². The van der Waals surface area contributed by atoms with Gasteiger partial charge in [-0.3, -0.25) is 0 Å². The second kappa shape index (κ2) is 6.67. The zero-order valence-electron chi connectivity index (χ0n) is 9.57. The standard InChI is InChI=1S/C11H13Cl2NO3/c1-3-7(11(15)16-4-2)17-8-5-6-9(12)14-10(8)13/h5-7H,3-4H2,1-2H3. The number of carbonyl (C=O) groups excluding carboxylic acids is 1. The fraction of sp³-hybridized carbons (Fsp3) is 0.455. The van der Waals surface area contributed by atoms with E-state index in [0.29, 0.717) is 18.8 Å². The molecule has 0 radical (unpaired) electrons. The molecule has 0 saturated heterocycles. The van der Waals surface area contributed by atoms with Gasteiger partial charge in [-0.05, 0) is 25.5 Å². The Morgan fingerprint density at radius 1 is 1.41 bits per heavy atom. The predicted octanol–water partition coefficient (Wildman–Crippen LogP) is 3.11. The van der Waals surface area contributed by atoms with E-state index in [4.69, 9.17) is 32.7 Å². The Balaban J connectivity index is 2.77. The minimum absolute atomic E-state index is 0.125. The van der Waals surface area contributed by atoms with E-state index in [0.717, 1.165) is 0 Å². The molecule has 1 unspecified atom stereocenters. The molecule has 1 rings (SSSR count). The molecule has 1 atom stereocenters. The molecule has 0 saturated carbocycles. The molecule has 4 nitrogen and oxygen atoms in total. The molecule has 0 aliphatic heterocycles. The number of ether oxygens (including phenoxy) is 2. The van der Waals surface area contributed by atoms with Crippen molar-refractivity contribution in [3.8, 4) is 5.75 Å². The van der Waals surface area contributed by atoms with Gasteiger partial charge in [0.25, 0.3) is 0 Å². The van der Waals surface area contributed by atoms with Gasteiger partial charge in [-0.25, -0.2) is 9.78 Å². The topological polar surface area (TPSA) is 48.4 Å². The zero-order chi connectivity index (χ0) is 12.8. The first-order valence-electron chi connectivity index (χ1n) is 5.23. The third-order valence-corrected chi connectivity index (χ3v) is 2.45. The third-order valence-electron chi connectivity index (χ3n) is 1.97. The number of pyridine rings is 1. The van der Waals surface area contributed by atoms with Crippen molar-refractivity contribution in [2.45, 2.75) is 26.4 Å². The Morgan fingerprint density at radius 3 is 2.65 bits per heavy atom. The van der Waals surface area contributed by atoms with Crippen LogP contribution in [0.25, 0.3) is 0 Å². The Bertz CT molecular complexity index is 398. The molecule has 0 fully saturated rings. The van der Waals surface area contributed by atoms with Crippen LogP contribution in [0.3, 0.4) is 0 Å². The van der Waals surface area contributed by atoms with Crippen LogP contribution >= 0.6 is 23.2 Å². The lowest BCUT2D eigenvalue weighted by atomic mass is 10.3. The van der Waals surface area contributed by atoms with E-state index in [1.807, 2.05) is 6.92 Å². The Hall–Kier alpha value is -1.00. The molecule has 0 aliphatic carbocycles. The normalized spacial score (nSPS) is 12.0. The van der Waals surface area contributed by atoms with Crippen molar-refractivity contribution in [2.75, 3.05) is 6.61 Å². The quantitative estimate of drug-likeness (QED) is 0.613. The SMILES string of the molecule is CCOC(=O)C(CC)Oc1ccc(Cl)nc1Cl. The van der Waals surface area contributed by atoms with Crippen molar-refractivity contribution >= 4 is 29.2 Å². The van der Waals surface area contributed by atoms with E-state index in [1.165, 1.54) is 0 Å². The minimum Gasteiger partial charge on any atom is -0.476 e. The zero-order valence-corrected chi connectivity index (χ0v) is 11.1. The van der Waals surface area contributed by atoms with Gasteiger partial charge in [0.1, 0.15) is 5.15 Å². The monoisotopic (exact) mass is 277 g/mol. The van der Waals surface area contributed by atoms with Crippen molar-refractivity contribution < 1.29 is 14.3 Å². The molecule has 0 aromatic carbocycles. The number of hydrogen-bond donors (Lipinski definition) is 0. The first kappa shape index (κ1) is 14.1. The molecule has 94 valence electrons. The summed E-state index contributed by atoms with van der Waals surface area (Å²) in [6.45, 7) is 3.87. The van der Waals surface area contributed by atoms with E-state index >= 15 is 0 Å². The third kappa shape index (κ3) is 4.06. The van der Waals surface area contributed by atoms with Gasteiger partial charge in [0.2, 0.25) is 0 Å². The smallest absolute Gasteiger partial charge is 0.347 e. The fourth-order valence-corrected chi connectivity index (χ4v) is 1.56. The van der Waals surface area contributed by atoms with Gasteiger partial charge in [-0.2, -0.15) is 0 Å². The highest BCUT2D eigenvalue weighted by atomic mass is 35.5. The van der Waals surface area contributed by atoms with Crippen LogP contribution < -0.4 is 4.74 Å². The number of aromatic nitrogens is 1. The van der Waals surface area contributed by atoms with E-state index in [1.54, 1.807) is 19.1 Å². The van der Waals surface area contributed by atoms with Gasteiger partial charge in [0, 0.05) is 0 Å². The molecule has 0 aliphatic rings. The summed E-state index contributed by atoms with van der Waals surface area (Å²) in [7, 11) is 0. The maximum atomic E-state index is 11.5. The number of rotatable bonds is 5. The van der Waals surface area contributed by atoms with Gasteiger partial charge >= 0.3 is 5.97 Å². The van der Waals surface area contributed by atoms with Crippen LogP contribution in [0, 0.1) is 0 Å². The van der Waals surface area contributed by atoms with Crippen LogP contribution in [0.2, 0.25) is 10.3 Å². The van der Waals surface area contributed by atoms with Crippen LogP contribution in [0.5, 0.6) is 5.75 Å². The maximum Gasteiger partial charge on any atom is 0.347 e. The van der Waals surface area contributed by atoms with E-state index in [9.17, 15) is 4.79 Å². The van der Waals surface area contributed by atoms with Gasteiger partial charge in [-0.1, -0.05) is 30.1 Å². The molecule has 6 heteroatoms. The van der Waals surface area contributed by atoms with E-state index < -0.39 is 12.1 Å². The summed E-state index contributed by atoms with van der Waals surface area (Å²) in [5, 5.41) is 0.395. The summed E-state index contributed by atoms with van der Waals surface area (Å²) in [5.41, 5.74) is 0. The van der Waals surface area contributed by atoms with Gasteiger partial charge in [-0.15, -0.1) is 0 Å². The summed E-state index contributed by atoms with van der Waals surface area (Å²) >= 11 is 11.5. The maximum absolute atomic E-state index is 11.5. The fourth-order valence-electron chi connectivity index (χ4n) is 1.17. The summed E-state index contributed by atoms with van der Waals surface area (Å²) < 4.78 is 10.3. The summed E-state index contributed by atoms with van der Waals surface area (Å²) in [4.78, 5) is 15.3. The number of hydrogen-bond acceptors (Lipinski definition) is 4. The van der Waals surface area contributed by atoms with E-state index in [-0.39, 0.29) is 10.3 Å². The van der Waals surface area contributed by atoms with Gasteiger partial charge in [0.05, 0.1) is 6.61 Å². The molecule has 1 heterocycles. The van der Waals surface area contributed by atoms with Crippen LogP contribution in [0.15, 0.2) is 12.1 Å². The molecule has 0 amide bonds.